The Hall–Kier alpha value is -3.11. The van der Waals surface area contributed by atoms with Gasteiger partial charge in [-0.1, -0.05) is 17.7 Å². The highest BCUT2D eigenvalue weighted by Gasteiger charge is 2.49. The fourth-order valence-electron chi connectivity index (χ4n) is 3.94. The van der Waals surface area contributed by atoms with E-state index in [-0.39, 0.29) is 29.0 Å². The SMILES string of the molecule is O=C(N[C@H]1CCN2C(=O)N(c3cccc4nsnc34)C(=O)[C@H]2C1)c1ccnc(Cl)c1. The summed E-state index contributed by atoms with van der Waals surface area (Å²) in [6.45, 7) is 0.374. The molecule has 3 aromatic rings. The largest absolute Gasteiger partial charge is 0.349 e. The number of carbonyl (C=O) groups excluding carboxylic acids is 3. The van der Waals surface area contributed by atoms with Gasteiger partial charge in [0.25, 0.3) is 11.8 Å². The summed E-state index contributed by atoms with van der Waals surface area (Å²) >= 11 is 6.89. The summed E-state index contributed by atoms with van der Waals surface area (Å²) in [5.41, 5.74) is 2.01. The molecule has 0 unspecified atom stereocenters. The predicted molar refractivity (Wildman–Crippen MR) is 111 cm³/mol. The number of piperidine rings is 1. The van der Waals surface area contributed by atoms with E-state index in [1.807, 2.05) is 0 Å². The van der Waals surface area contributed by atoms with E-state index in [0.29, 0.717) is 41.7 Å². The van der Waals surface area contributed by atoms with Gasteiger partial charge in [0.2, 0.25) is 0 Å². The predicted octanol–water partition coefficient (Wildman–Crippen LogP) is 2.47. The molecule has 2 aliphatic rings. The third kappa shape index (κ3) is 3.08. The van der Waals surface area contributed by atoms with E-state index in [0.717, 1.165) is 11.7 Å². The summed E-state index contributed by atoms with van der Waals surface area (Å²) in [7, 11) is 0. The molecule has 1 N–H and O–H groups in total. The van der Waals surface area contributed by atoms with Crippen LogP contribution in [-0.4, -0.2) is 55.1 Å². The number of benzene rings is 1. The minimum absolute atomic E-state index is 0.232. The van der Waals surface area contributed by atoms with Crippen LogP contribution in [0, 0.1) is 0 Å². The second-order valence-electron chi connectivity index (χ2n) is 7.14. The Labute approximate surface area is 180 Å². The molecule has 4 heterocycles. The molecule has 0 radical (unpaired) electrons. The minimum atomic E-state index is -0.626. The van der Waals surface area contributed by atoms with Crippen molar-refractivity contribution in [3.63, 3.8) is 0 Å². The number of hydrogen-bond acceptors (Lipinski definition) is 7. The van der Waals surface area contributed by atoms with Crippen molar-refractivity contribution in [2.24, 2.45) is 0 Å². The molecular weight excluding hydrogens is 428 g/mol. The molecule has 0 bridgehead atoms. The van der Waals surface area contributed by atoms with Gasteiger partial charge in [0.1, 0.15) is 22.2 Å². The first-order valence-electron chi connectivity index (χ1n) is 9.31. The Morgan fingerprint density at radius 1 is 1.23 bits per heavy atom. The van der Waals surface area contributed by atoms with Gasteiger partial charge in [-0.2, -0.15) is 8.75 Å². The standard InChI is InChI=1S/C19H15ClN6O3S/c20-15-8-10(4-6-21-15)17(27)22-11-5-7-25-14(9-11)18(28)26(19(25)29)13-3-1-2-12-16(13)24-30-23-12/h1-4,6,8,11,14H,5,7,9H2,(H,22,27)/t11-,14+/m0/s1. The average molecular weight is 443 g/mol. The van der Waals surface area contributed by atoms with Crippen LogP contribution in [0.15, 0.2) is 36.5 Å². The molecule has 1 aromatic carbocycles. The van der Waals surface area contributed by atoms with Crippen molar-refractivity contribution in [3.05, 3.63) is 47.2 Å². The lowest BCUT2D eigenvalue weighted by molar-refractivity contribution is -0.120. The van der Waals surface area contributed by atoms with Crippen molar-refractivity contribution in [2.75, 3.05) is 11.4 Å². The first-order valence-corrected chi connectivity index (χ1v) is 10.4. The van der Waals surface area contributed by atoms with Crippen LogP contribution in [0.3, 0.4) is 0 Å². The zero-order valence-corrected chi connectivity index (χ0v) is 17.1. The van der Waals surface area contributed by atoms with E-state index in [1.54, 1.807) is 29.2 Å². The Bertz CT molecular complexity index is 1180. The van der Waals surface area contributed by atoms with Gasteiger partial charge in [0, 0.05) is 24.3 Å². The van der Waals surface area contributed by atoms with Gasteiger partial charge in [0.05, 0.1) is 17.4 Å². The fraction of sp³-hybridized carbons (Fsp3) is 0.263. The summed E-state index contributed by atoms with van der Waals surface area (Å²) in [6, 6.07) is 7.07. The molecule has 2 aliphatic heterocycles. The van der Waals surface area contributed by atoms with Crippen LogP contribution in [0.2, 0.25) is 5.15 Å². The lowest BCUT2D eigenvalue weighted by atomic mass is 9.97. The highest BCUT2D eigenvalue weighted by molar-refractivity contribution is 7.00. The van der Waals surface area contributed by atoms with Gasteiger partial charge in [-0.3, -0.25) is 9.59 Å². The van der Waals surface area contributed by atoms with Crippen molar-refractivity contribution < 1.29 is 14.4 Å². The maximum Gasteiger partial charge on any atom is 0.332 e. The van der Waals surface area contributed by atoms with E-state index in [4.69, 9.17) is 11.6 Å². The molecular formula is C19H15ClN6O3S. The third-order valence-electron chi connectivity index (χ3n) is 5.37. The highest BCUT2D eigenvalue weighted by Crippen LogP contribution is 2.34. The molecule has 2 fully saturated rings. The van der Waals surface area contributed by atoms with Gasteiger partial charge in [-0.15, -0.1) is 0 Å². The van der Waals surface area contributed by atoms with Crippen molar-refractivity contribution in [3.8, 4) is 0 Å². The van der Waals surface area contributed by atoms with Crippen LogP contribution in [0.25, 0.3) is 11.0 Å². The molecule has 0 aliphatic carbocycles. The molecule has 152 valence electrons. The first kappa shape index (κ1) is 18.9. The van der Waals surface area contributed by atoms with Crippen LogP contribution in [-0.2, 0) is 4.79 Å². The van der Waals surface area contributed by atoms with Crippen molar-refractivity contribution >= 4 is 57.9 Å². The van der Waals surface area contributed by atoms with Crippen molar-refractivity contribution in [1.82, 2.24) is 23.9 Å². The van der Waals surface area contributed by atoms with E-state index in [1.165, 1.54) is 17.2 Å². The fourth-order valence-corrected chi connectivity index (χ4v) is 4.66. The summed E-state index contributed by atoms with van der Waals surface area (Å²) in [5.74, 6) is -0.601. The minimum Gasteiger partial charge on any atom is -0.349 e. The average Bonchev–Trinajstić information content (AvgIpc) is 3.31. The van der Waals surface area contributed by atoms with Gasteiger partial charge in [0.15, 0.2) is 0 Å². The van der Waals surface area contributed by atoms with Crippen LogP contribution < -0.4 is 10.2 Å². The number of halogens is 1. The van der Waals surface area contributed by atoms with Crippen LogP contribution in [0.5, 0.6) is 0 Å². The van der Waals surface area contributed by atoms with E-state index in [2.05, 4.69) is 19.0 Å². The summed E-state index contributed by atoms with van der Waals surface area (Å²) in [6.07, 6.45) is 2.36. The molecule has 4 amide bonds. The van der Waals surface area contributed by atoms with Gasteiger partial charge in [-0.05, 0) is 37.1 Å². The molecule has 0 saturated carbocycles. The van der Waals surface area contributed by atoms with Crippen LogP contribution in [0.1, 0.15) is 23.2 Å². The number of rotatable bonds is 3. The van der Waals surface area contributed by atoms with Gasteiger partial charge >= 0.3 is 6.03 Å². The Kier molecular flexibility index (Phi) is 4.59. The third-order valence-corrected chi connectivity index (χ3v) is 6.12. The van der Waals surface area contributed by atoms with Crippen molar-refractivity contribution in [1.29, 1.82) is 0 Å². The smallest absolute Gasteiger partial charge is 0.332 e. The second-order valence-corrected chi connectivity index (χ2v) is 8.05. The number of nitrogens with zero attached hydrogens (tertiary/aromatic N) is 5. The number of hydrogen-bond donors (Lipinski definition) is 1. The molecule has 5 rings (SSSR count). The lowest BCUT2D eigenvalue weighted by Crippen LogP contribution is -2.49. The Morgan fingerprint density at radius 3 is 2.93 bits per heavy atom. The van der Waals surface area contributed by atoms with Gasteiger partial charge < -0.3 is 10.2 Å². The number of anilines is 1. The summed E-state index contributed by atoms with van der Waals surface area (Å²) in [4.78, 5) is 45.3. The molecule has 2 atom stereocenters. The zero-order valence-electron chi connectivity index (χ0n) is 15.5. The summed E-state index contributed by atoms with van der Waals surface area (Å²) < 4.78 is 8.42. The molecule has 30 heavy (non-hydrogen) atoms. The van der Waals surface area contributed by atoms with E-state index < -0.39 is 6.04 Å². The number of pyridine rings is 1. The molecule has 0 spiro atoms. The van der Waals surface area contributed by atoms with Gasteiger partial charge in [-0.25, -0.2) is 14.7 Å². The maximum atomic E-state index is 13.1. The quantitative estimate of drug-likeness (QED) is 0.493. The second kappa shape index (κ2) is 7.29. The van der Waals surface area contributed by atoms with Crippen molar-refractivity contribution in [2.45, 2.75) is 24.9 Å². The number of urea groups is 1. The maximum absolute atomic E-state index is 13.1. The first-order chi connectivity index (χ1) is 14.5. The molecule has 11 heteroatoms. The molecule has 2 saturated heterocycles. The highest BCUT2D eigenvalue weighted by atomic mass is 35.5. The number of aromatic nitrogens is 3. The van der Waals surface area contributed by atoms with Crippen LogP contribution in [0.4, 0.5) is 10.5 Å². The zero-order chi connectivity index (χ0) is 20.8. The van der Waals surface area contributed by atoms with E-state index >= 15 is 0 Å². The number of carbonyl (C=O) groups is 3. The number of imide groups is 1. The molecule has 9 nitrogen and oxygen atoms in total. The molecule has 2 aromatic heterocycles. The normalized spacial score (nSPS) is 21.2. The number of amides is 4. The van der Waals surface area contributed by atoms with Crippen LogP contribution >= 0.6 is 23.3 Å². The topological polar surface area (TPSA) is 108 Å². The number of fused-ring (bicyclic) bond motifs is 2. The number of nitrogens with one attached hydrogen (secondary N) is 1. The van der Waals surface area contributed by atoms with E-state index in [9.17, 15) is 14.4 Å². The summed E-state index contributed by atoms with van der Waals surface area (Å²) in [5, 5.41) is 3.17. The lowest BCUT2D eigenvalue weighted by Gasteiger charge is -2.32. The Morgan fingerprint density at radius 2 is 2.10 bits per heavy atom. The Balaban J connectivity index is 1.36. The monoisotopic (exact) mass is 442 g/mol.